The molecule has 1 heterocycles. The lowest BCUT2D eigenvalue weighted by molar-refractivity contribution is -0.139. The number of rotatable bonds is 10. The maximum Gasteiger partial charge on any atom is 0.326 e. The van der Waals surface area contributed by atoms with Crippen molar-refractivity contribution in [1.82, 2.24) is 20.6 Å². The van der Waals surface area contributed by atoms with E-state index in [1.165, 1.54) is 12.5 Å². The fourth-order valence-corrected chi connectivity index (χ4v) is 1.61. The molecule has 1 atom stereocenters. The molecule has 1 aromatic heterocycles. The minimum absolute atomic E-state index is 0.149. The standard InChI is InChI=1S/C13H22N4O4/c1-2-3-5-21-6-4-15-13(20)17-11(12(18)19)7-10-8-14-9-16-10/h8-9,11H,2-7H2,1H3,(H,14,16)(H,18,19)(H2,15,17,20)/t11-/m0/s1. The SMILES string of the molecule is CCCCOCCNC(=O)N[C@@H](Cc1cnc[nH]1)C(=O)O. The number of hydrogen-bond donors (Lipinski definition) is 4. The first kappa shape index (κ1) is 17.0. The number of carboxylic acids is 1. The second-order valence-electron chi connectivity index (χ2n) is 4.54. The molecular weight excluding hydrogens is 276 g/mol. The molecule has 8 heteroatoms. The normalized spacial score (nSPS) is 11.9. The van der Waals surface area contributed by atoms with E-state index < -0.39 is 18.0 Å². The van der Waals surface area contributed by atoms with Crippen molar-refractivity contribution in [3.8, 4) is 0 Å². The van der Waals surface area contributed by atoms with Crippen LogP contribution in [0.3, 0.4) is 0 Å². The molecule has 1 aromatic rings. The lowest BCUT2D eigenvalue weighted by atomic mass is 10.2. The minimum atomic E-state index is -1.10. The summed E-state index contributed by atoms with van der Waals surface area (Å²) in [7, 11) is 0. The van der Waals surface area contributed by atoms with Gasteiger partial charge in [0.25, 0.3) is 0 Å². The first-order valence-electron chi connectivity index (χ1n) is 6.95. The summed E-state index contributed by atoms with van der Waals surface area (Å²) in [5, 5.41) is 14.1. The molecule has 118 valence electrons. The average Bonchev–Trinajstić information content (AvgIpc) is 2.95. The quantitative estimate of drug-likeness (QED) is 0.470. The molecule has 1 rings (SSSR count). The number of imidazole rings is 1. The molecule has 0 bridgehead atoms. The number of carboxylic acid groups (broad SMARTS) is 1. The summed E-state index contributed by atoms with van der Waals surface area (Å²) >= 11 is 0. The average molecular weight is 298 g/mol. The van der Waals surface area contributed by atoms with Crippen LogP contribution in [0.1, 0.15) is 25.5 Å². The second kappa shape index (κ2) is 9.76. The molecule has 2 amide bonds. The topological polar surface area (TPSA) is 116 Å². The summed E-state index contributed by atoms with van der Waals surface area (Å²) < 4.78 is 5.29. The molecule has 0 aromatic carbocycles. The van der Waals surface area contributed by atoms with Crippen molar-refractivity contribution in [3.05, 3.63) is 18.2 Å². The summed E-state index contributed by atoms with van der Waals surface area (Å²) in [6, 6.07) is -1.53. The summed E-state index contributed by atoms with van der Waals surface area (Å²) in [6.07, 6.45) is 5.17. The molecule has 0 saturated carbocycles. The number of carbonyl (C=O) groups excluding carboxylic acids is 1. The fourth-order valence-electron chi connectivity index (χ4n) is 1.61. The molecule has 0 spiro atoms. The Balaban J connectivity index is 2.24. The largest absolute Gasteiger partial charge is 0.480 e. The number of amides is 2. The number of urea groups is 1. The van der Waals surface area contributed by atoms with Gasteiger partial charge in [0.1, 0.15) is 6.04 Å². The van der Waals surface area contributed by atoms with Crippen molar-refractivity contribution in [3.63, 3.8) is 0 Å². The minimum Gasteiger partial charge on any atom is -0.480 e. The maximum atomic E-state index is 11.6. The number of aromatic amines is 1. The van der Waals surface area contributed by atoms with Gasteiger partial charge in [0, 0.05) is 31.5 Å². The highest BCUT2D eigenvalue weighted by Crippen LogP contribution is 1.98. The number of nitrogens with zero attached hydrogens (tertiary/aromatic N) is 1. The van der Waals surface area contributed by atoms with Gasteiger partial charge in [-0.25, -0.2) is 14.6 Å². The zero-order valence-electron chi connectivity index (χ0n) is 12.1. The molecule has 4 N–H and O–H groups in total. The van der Waals surface area contributed by atoms with Gasteiger partial charge in [0.15, 0.2) is 0 Å². The zero-order chi connectivity index (χ0) is 15.5. The van der Waals surface area contributed by atoms with Gasteiger partial charge >= 0.3 is 12.0 Å². The number of ether oxygens (including phenoxy) is 1. The van der Waals surface area contributed by atoms with Crippen molar-refractivity contribution < 1.29 is 19.4 Å². The fraction of sp³-hybridized carbons (Fsp3) is 0.615. The van der Waals surface area contributed by atoms with E-state index >= 15 is 0 Å². The van der Waals surface area contributed by atoms with Crippen LogP contribution in [-0.4, -0.2) is 52.9 Å². The van der Waals surface area contributed by atoms with Crippen LogP contribution in [0.4, 0.5) is 4.79 Å². The summed E-state index contributed by atoms with van der Waals surface area (Å²) in [6.45, 7) is 3.48. The van der Waals surface area contributed by atoms with E-state index in [9.17, 15) is 9.59 Å². The Labute approximate surface area is 123 Å². The number of nitrogens with one attached hydrogen (secondary N) is 3. The maximum absolute atomic E-state index is 11.6. The van der Waals surface area contributed by atoms with Crippen LogP contribution in [-0.2, 0) is 16.0 Å². The molecule has 0 radical (unpaired) electrons. The Morgan fingerprint density at radius 3 is 2.90 bits per heavy atom. The van der Waals surface area contributed by atoms with Crippen LogP contribution in [0.25, 0.3) is 0 Å². The third-order valence-electron chi connectivity index (χ3n) is 2.76. The van der Waals surface area contributed by atoms with Crippen molar-refractivity contribution in [2.45, 2.75) is 32.2 Å². The number of unbranched alkanes of at least 4 members (excludes halogenated alkanes) is 1. The van der Waals surface area contributed by atoms with E-state index in [1.807, 2.05) is 0 Å². The van der Waals surface area contributed by atoms with Crippen LogP contribution in [0.5, 0.6) is 0 Å². The van der Waals surface area contributed by atoms with Crippen LogP contribution < -0.4 is 10.6 Å². The van der Waals surface area contributed by atoms with E-state index in [2.05, 4.69) is 27.5 Å². The van der Waals surface area contributed by atoms with Crippen LogP contribution in [0.15, 0.2) is 12.5 Å². The third-order valence-corrected chi connectivity index (χ3v) is 2.76. The van der Waals surface area contributed by atoms with Crippen molar-refractivity contribution in [2.24, 2.45) is 0 Å². The number of aliphatic carboxylic acids is 1. The molecular formula is C13H22N4O4. The van der Waals surface area contributed by atoms with Crippen LogP contribution in [0, 0.1) is 0 Å². The number of carbonyl (C=O) groups is 2. The Bertz CT molecular complexity index is 422. The van der Waals surface area contributed by atoms with Gasteiger partial charge in [-0.1, -0.05) is 13.3 Å². The van der Waals surface area contributed by atoms with Gasteiger partial charge in [-0.15, -0.1) is 0 Å². The zero-order valence-corrected chi connectivity index (χ0v) is 12.1. The smallest absolute Gasteiger partial charge is 0.326 e. The Morgan fingerprint density at radius 1 is 1.48 bits per heavy atom. The van der Waals surface area contributed by atoms with Crippen molar-refractivity contribution in [2.75, 3.05) is 19.8 Å². The second-order valence-corrected chi connectivity index (χ2v) is 4.54. The lowest BCUT2D eigenvalue weighted by Crippen LogP contribution is -2.47. The number of aromatic nitrogens is 2. The predicted octanol–water partition coefficient (Wildman–Crippen LogP) is 0.521. The first-order chi connectivity index (χ1) is 10.1. The summed E-state index contributed by atoms with van der Waals surface area (Å²) in [4.78, 5) is 29.3. The molecule has 21 heavy (non-hydrogen) atoms. The van der Waals surface area contributed by atoms with E-state index in [0.29, 0.717) is 25.5 Å². The van der Waals surface area contributed by atoms with Crippen molar-refractivity contribution >= 4 is 12.0 Å². The van der Waals surface area contributed by atoms with E-state index in [-0.39, 0.29) is 6.42 Å². The van der Waals surface area contributed by atoms with Gasteiger partial charge in [-0.2, -0.15) is 0 Å². The van der Waals surface area contributed by atoms with Gasteiger partial charge < -0.3 is 25.5 Å². The van der Waals surface area contributed by atoms with Gasteiger partial charge in [-0.3, -0.25) is 0 Å². The Hall–Kier alpha value is -2.09. The monoisotopic (exact) mass is 298 g/mol. The van der Waals surface area contributed by atoms with Gasteiger partial charge in [-0.05, 0) is 6.42 Å². The predicted molar refractivity (Wildman–Crippen MR) is 76.0 cm³/mol. The highest BCUT2D eigenvalue weighted by molar-refractivity contribution is 5.82. The third kappa shape index (κ3) is 7.31. The molecule has 0 aliphatic carbocycles. The number of H-pyrrole nitrogens is 1. The summed E-state index contributed by atoms with van der Waals surface area (Å²) in [5.41, 5.74) is 0.644. The van der Waals surface area contributed by atoms with E-state index in [4.69, 9.17) is 9.84 Å². The highest BCUT2D eigenvalue weighted by Gasteiger charge is 2.20. The van der Waals surface area contributed by atoms with Gasteiger partial charge in [0.05, 0.1) is 12.9 Å². The van der Waals surface area contributed by atoms with Crippen molar-refractivity contribution in [1.29, 1.82) is 0 Å². The molecule has 0 fully saturated rings. The first-order valence-corrected chi connectivity index (χ1v) is 6.95. The molecule has 0 aliphatic rings. The summed E-state index contributed by atoms with van der Waals surface area (Å²) in [5.74, 6) is -1.10. The van der Waals surface area contributed by atoms with E-state index in [0.717, 1.165) is 12.8 Å². The highest BCUT2D eigenvalue weighted by atomic mass is 16.5. The Kier molecular flexibility index (Phi) is 7.88. The van der Waals surface area contributed by atoms with Crippen LogP contribution in [0.2, 0.25) is 0 Å². The molecule has 0 unspecified atom stereocenters. The molecule has 8 nitrogen and oxygen atoms in total. The lowest BCUT2D eigenvalue weighted by Gasteiger charge is -2.14. The van der Waals surface area contributed by atoms with Gasteiger partial charge in [0.2, 0.25) is 0 Å². The molecule has 0 saturated heterocycles. The number of hydrogen-bond acceptors (Lipinski definition) is 4. The Morgan fingerprint density at radius 2 is 2.29 bits per heavy atom. The molecule has 0 aliphatic heterocycles. The van der Waals surface area contributed by atoms with Crippen LogP contribution >= 0.6 is 0 Å². The van der Waals surface area contributed by atoms with E-state index in [1.54, 1.807) is 0 Å².